The number of nitrogens with one attached hydrogen (secondary N) is 2. The molecule has 0 aromatic heterocycles. The first kappa shape index (κ1) is 22.1. The van der Waals surface area contributed by atoms with Crippen molar-refractivity contribution in [2.45, 2.75) is 18.9 Å². The van der Waals surface area contributed by atoms with Crippen molar-refractivity contribution < 1.29 is 23.9 Å². The average Bonchev–Trinajstić information content (AvgIpc) is 2.82. The predicted octanol–water partition coefficient (Wildman–Crippen LogP) is 1.85. The summed E-state index contributed by atoms with van der Waals surface area (Å²) in [5.74, 6) is 0.485. The molecule has 8 heteroatoms. The Labute approximate surface area is 181 Å². The lowest BCUT2D eigenvalue weighted by Gasteiger charge is -2.32. The lowest BCUT2D eigenvalue weighted by molar-refractivity contribution is -0.121. The summed E-state index contributed by atoms with van der Waals surface area (Å²) in [5, 5.41) is 5.55. The maximum atomic E-state index is 12.9. The Morgan fingerprint density at radius 3 is 2.13 bits per heavy atom. The van der Waals surface area contributed by atoms with Crippen molar-refractivity contribution in [1.82, 2.24) is 15.5 Å². The molecule has 2 aromatic rings. The van der Waals surface area contributed by atoms with Gasteiger partial charge in [0.25, 0.3) is 11.8 Å². The molecule has 0 saturated carbocycles. The molecule has 3 rings (SSSR count). The molecule has 0 radical (unpaired) electrons. The Morgan fingerprint density at radius 1 is 0.935 bits per heavy atom. The zero-order chi connectivity index (χ0) is 22.2. The third-order valence-corrected chi connectivity index (χ3v) is 5.19. The van der Waals surface area contributed by atoms with Crippen LogP contribution in [0, 0.1) is 0 Å². The second-order valence-electron chi connectivity index (χ2n) is 7.28. The zero-order valence-corrected chi connectivity index (χ0v) is 17.7. The van der Waals surface area contributed by atoms with Crippen LogP contribution in [0.25, 0.3) is 0 Å². The van der Waals surface area contributed by atoms with Gasteiger partial charge in [-0.25, -0.2) is 0 Å². The third kappa shape index (κ3) is 5.97. The number of methoxy groups -OCH3 is 2. The van der Waals surface area contributed by atoms with Crippen LogP contribution in [-0.4, -0.2) is 62.5 Å². The van der Waals surface area contributed by atoms with E-state index < -0.39 is 0 Å². The first-order valence-corrected chi connectivity index (χ1v) is 10.1. The van der Waals surface area contributed by atoms with Gasteiger partial charge in [-0.2, -0.15) is 0 Å². The maximum absolute atomic E-state index is 12.9. The number of carbonyl (C=O) groups excluding carboxylic acids is 3. The van der Waals surface area contributed by atoms with Crippen LogP contribution in [0.4, 0.5) is 0 Å². The van der Waals surface area contributed by atoms with Crippen LogP contribution in [0.15, 0.2) is 48.5 Å². The molecule has 0 atom stereocenters. The Bertz CT molecular complexity index is 902. The Morgan fingerprint density at radius 2 is 1.55 bits per heavy atom. The number of nitrogens with zero attached hydrogens (tertiary/aromatic N) is 1. The number of piperidine rings is 1. The normalized spacial score (nSPS) is 13.9. The minimum Gasteiger partial charge on any atom is -0.497 e. The highest BCUT2D eigenvalue weighted by Gasteiger charge is 2.25. The number of rotatable bonds is 7. The molecule has 3 amide bonds. The summed E-state index contributed by atoms with van der Waals surface area (Å²) >= 11 is 0. The maximum Gasteiger partial charge on any atom is 0.254 e. The molecule has 2 N–H and O–H groups in total. The fraction of sp³-hybridized carbons (Fsp3) is 0.348. The molecule has 1 aliphatic heterocycles. The van der Waals surface area contributed by atoms with Crippen molar-refractivity contribution >= 4 is 17.7 Å². The number of likely N-dealkylation sites (tertiary alicyclic amines) is 1. The quantitative estimate of drug-likeness (QED) is 0.706. The van der Waals surface area contributed by atoms with Gasteiger partial charge in [-0.15, -0.1) is 0 Å². The Kier molecular flexibility index (Phi) is 7.48. The van der Waals surface area contributed by atoms with Crippen molar-refractivity contribution in [3.8, 4) is 11.5 Å². The number of ether oxygens (including phenoxy) is 2. The van der Waals surface area contributed by atoms with Gasteiger partial charge in [0.05, 0.1) is 20.8 Å². The molecule has 1 aliphatic rings. The van der Waals surface area contributed by atoms with E-state index in [1.165, 1.54) is 0 Å². The fourth-order valence-electron chi connectivity index (χ4n) is 3.47. The number of hydrogen-bond acceptors (Lipinski definition) is 5. The van der Waals surface area contributed by atoms with E-state index in [0.29, 0.717) is 48.6 Å². The molecule has 2 aromatic carbocycles. The lowest BCUT2D eigenvalue weighted by atomic mass is 10.0. The van der Waals surface area contributed by atoms with E-state index in [4.69, 9.17) is 9.47 Å². The van der Waals surface area contributed by atoms with Gasteiger partial charge in [-0.3, -0.25) is 14.4 Å². The molecule has 1 saturated heterocycles. The fourth-order valence-corrected chi connectivity index (χ4v) is 3.47. The predicted molar refractivity (Wildman–Crippen MR) is 115 cm³/mol. The molecule has 164 valence electrons. The molecule has 8 nitrogen and oxygen atoms in total. The van der Waals surface area contributed by atoms with Crippen LogP contribution in [-0.2, 0) is 4.79 Å². The van der Waals surface area contributed by atoms with Gasteiger partial charge in [0.15, 0.2) is 0 Å². The molecule has 1 fully saturated rings. The van der Waals surface area contributed by atoms with Gasteiger partial charge in [-0.1, -0.05) is 18.2 Å². The molecule has 31 heavy (non-hydrogen) atoms. The minimum atomic E-state index is -0.287. The van der Waals surface area contributed by atoms with E-state index in [9.17, 15) is 14.4 Å². The van der Waals surface area contributed by atoms with Crippen molar-refractivity contribution in [2.24, 2.45) is 0 Å². The molecule has 1 heterocycles. The summed E-state index contributed by atoms with van der Waals surface area (Å²) in [7, 11) is 3.08. The van der Waals surface area contributed by atoms with Crippen LogP contribution in [0.2, 0.25) is 0 Å². The SMILES string of the molecule is COc1cc(OC)cc(C(=O)N2CCC(NC(=O)CNC(=O)c3ccccc3)CC2)c1. The second kappa shape index (κ2) is 10.5. The topological polar surface area (TPSA) is 97.0 Å². The summed E-state index contributed by atoms with van der Waals surface area (Å²) in [6.07, 6.45) is 1.29. The standard InChI is InChI=1S/C23H27N3O5/c1-30-19-12-17(13-20(14-19)31-2)23(29)26-10-8-18(9-11-26)25-21(27)15-24-22(28)16-6-4-3-5-7-16/h3-7,12-14,18H,8-11,15H2,1-2H3,(H,24,28)(H,25,27). The molecule has 0 spiro atoms. The summed E-state index contributed by atoms with van der Waals surface area (Å²) in [4.78, 5) is 38.8. The molecule has 0 bridgehead atoms. The second-order valence-corrected chi connectivity index (χ2v) is 7.28. The van der Waals surface area contributed by atoms with Gasteiger partial charge in [0.2, 0.25) is 5.91 Å². The Hall–Kier alpha value is -3.55. The first-order valence-electron chi connectivity index (χ1n) is 10.1. The van der Waals surface area contributed by atoms with E-state index in [1.54, 1.807) is 61.6 Å². The van der Waals surface area contributed by atoms with Crippen LogP contribution < -0.4 is 20.1 Å². The number of hydrogen-bond donors (Lipinski definition) is 2. The monoisotopic (exact) mass is 425 g/mol. The molecular formula is C23H27N3O5. The highest BCUT2D eigenvalue weighted by Crippen LogP contribution is 2.24. The van der Waals surface area contributed by atoms with E-state index in [2.05, 4.69) is 10.6 Å². The van der Waals surface area contributed by atoms with Gasteiger partial charge >= 0.3 is 0 Å². The number of benzene rings is 2. The van der Waals surface area contributed by atoms with Gasteiger partial charge < -0.3 is 25.0 Å². The van der Waals surface area contributed by atoms with E-state index in [1.807, 2.05) is 6.07 Å². The van der Waals surface area contributed by atoms with Crippen molar-refractivity contribution in [2.75, 3.05) is 33.9 Å². The zero-order valence-electron chi connectivity index (χ0n) is 17.7. The average molecular weight is 425 g/mol. The molecule has 0 aliphatic carbocycles. The number of amides is 3. The highest BCUT2D eigenvalue weighted by atomic mass is 16.5. The van der Waals surface area contributed by atoms with Crippen molar-refractivity contribution in [3.05, 3.63) is 59.7 Å². The van der Waals surface area contributed by atoms with Crippen LogP contribution in [0.3, 0.4) is 0 Å². The lowest BCUT2D eigenvalue weighted by Crippen LogP contribution is -2.48. The number of carbonyl (C=O) groups is 3. The smallest absolute Gasteiger partial charge is 0.254 e. The highest BCUT2D eigenvalue weighted by molar-refractivity contribution is 5.96. The molecule has 0 unspecified atom stereocenters. The summed E-state index contributed by atoms with van der Waals surface area (Å²) in [5.41, 5.74) is 1.01. The first-order chi connectivity index (χ1) is 15.0. The third-order valence-electron chi connectivity index (χ3n) is 5.19. The summed E-state index contributed by atoms with van der Waals surface area (Å²) in [6, 6.07) is 13.8. The van der Waals surface area contributed by atoms with E-state index >= 15 is 0 Å². The van der Waals surface area contributed by atoms with Crippen LogP contribution in [0.5, 0.6) is 11.5 Å². The molecular weight excluding hydrogens is 398 g/mol. The summed E-state index contributed by atoms with van der Waals surface area (Å²) < 4.78 is 10.5. The van der Waals surface area contributed by atoms with Crippen LogP contribution >= 0.6 is 0 Å². The largest absolute Gasteiger partial charge is 0.497 e. The minimum absolute atomic E-state index is 0.0370. The van der Waals surface area contributed by atoms with Crippen LogP contribution in [0.1, 0.15) is 33.6 Å². The Balaban J connectivity index is 1.46. The van der Waals surface area contributed by atoms with E-state index in [0.717, 1.165) is 0 Å². The van der Waals surface area contributed by atoms with Gasteiger partial charge in [0, 0.05) is 36.3 Å². The van der Waals surface area contributed by atoms with E-state index in [-0.39, 0.29) is 30.3 Å². The van der Waals surface area contributed by atoms with Crippen molar-refractivity contribution in [1.29, 1.82) is 0 Å². The van der Waals surface area contributed by atoms with Crippen molar-refractivity contribution in [3.63, 3.8) is 0 Å². The van der Waals surface area contributed by atoms with Gasteiger partial charge in [0.1, 0.15) is 11.5 Å². The van der Waals surface area contributed by atoms with Gasteiger partial charge in [-0.05, 0) is 37.1 Å². The summed E-state index contributed by atoms with van der Waals surface area (Å²) in [6.45, 7) is 0.968.